The number of nitrogens with one attached hydrogen (secondary N) is 1. The summed E-state index contributed by atoms with van der Waals surface area (Å²) in [5.74, 6) is 2.09. The normalized spacial score (nSPS) is 15.3. The molecule has 35 heavy (non-hydrogen) atoms. The third-order valence-electron chi connectivity index (χ3n) is 5.09. The number of carbonyl (C=O) groups excluding carboxylic acids is 1. The maximum atomic E-state index is 12.5. The molecule has 1 heterocycles. The van der Waals surface area contributed by atoms with E-state index in [2.05, 4.69) is 10.3 Å². The molecular formula is C26H23ClN2O5S. The standard InChI is InChI=1S/C26H23ClN2O5S/c1-31-18-9-10-20(22(14-18)32-2)28-26-29-25(30)24(35-26)13-16-8-11-21(23(12-16)33-3)34-15-17-6-4-5-7-19(17)27/h4-14H,15H2,1-3H3,(H,28,29,30)/b24-13-. The summed E-state index contributed by atoms with van der Waals surface area (Å²) in [6.07, 6.45) is 1.77. The van der Waals surface area contributed by atoms with Gasteiger partial charge in [0.1, 0.15) is 23.8 Å². The highest BCUT2D eigenvalue weighted by atomic mass is 35.5. The van der Waals surface area contributed by atoms with Crippen molar-refractivity contribution in [3.05, 3.63) is 81.7 Å². The van der Waals surface area contributed by atoms with E-state index in [-0.39, 0.29) is 5.91 Å². The molecule has 3 aromatic carbocycles. The largest absolute Gasteiger partial charge is 0.497 e. The summed E-state index contributed by atoms with van der Waals surface area (Å²) in [5.41, 5.74) is 2.24. The van der Waals surface area contributed by atoms with E-state index in [0.717, 1.165) is 11.1 Å². The Bertz CT molecular complexity index is 1310. The van der Waals surface area contributed by atoms with Crippen molar-refractivity contribution in [1.82, 2.24) is 5.32 Å². The molecule has 1 amide bonds. The zero-order valence-electron chi connectivity index (χ0n) is 19.3. The van der Waals surface area contributed by atoms with Gasteiger partial charge in [0.2, 0.25) is 0 Å². The molecule has 7 nitrogen and oxygen atoms in total. The summed E-state index contributed by atoms with van der Waals surface area (Å²) in [6, 6.07) is 18.3. The zero-order chi connectivity index (χ0) is 24.8. The molecule has 4 rings (SSSR count). The van der Waals surface area contributed by atoms with E-state index in [1.165, 1.54) is 11.8 Å². The molecule has 0 bridgehead atoms. The number of hydrogen-bond donors (Lipinski definition) is 1. The lowest BCUT2D eigenvalue weighted by atomic mass is 10.2. The van der Waals surface area contributed by atoms with Crippen molar-refractivity contribution in [2.75, 3.05) is 21.3 Å². The van der Waals surface area contributed by atoms with Crippen LogP contribution in [0.1, 0.15) is 11.1 Å². The van der Waals surface area contributed by atoms with Crippen LogP contribution in [-0.2, 0) is 11.4 Å². The Morgan fingerprint density at radius 3 is 2.49 bits per heavy atom. The van der Waals surface area contributed by atoms with Crippen molar-refractivity contribution in [2.24, 2.45) is 4.99 Å². The molecule has 9 heteroatoms. The molecule has 180 valence electrons. The van der Waals surface area contributed by atoms with Crippen molar-refractivity contribution < 1.29 is 23.7 Å². The van der Waals surface area contributed by atoms with Gasteiger partial charge in [0.05, 0.1) is 26.2 Å². The molecule has 1 fully saturated rings. The predicted molar refractivity (Wildman–Crippen MR) is 139 cm³/mol. The molecule has 0 aliphatic carbocycles. The summed E-state index contributed by atoms with van der Waals surface area (Å²) in [4.78, 5) is 17.6. The monoisotopic (exact) mass is 510 g/mol. The van der Waals surface area contributed by atoms with Crippen LogP contribution in [0.5, 0.6) is 23.0 Å². The van der Waals surface area contributed by atoms with Crippen molar-refractivity contribution in [2.45, 2.75) is 6.61 Å². The maximum Gasteiger partial charge on any atom is 0.264 e. The lowest BCUT2D eigenvalue weighted by molar-refractivity contribution is -0.115. The van der Waals surface area contributed by atoms with Crippen LogP contribution in [-0.4, -0.2) is 32.4 Å². The van der Waals surface area contributed by atoms with Crippen LogP contribution in [0.15, 0.2) is 70.6 Å². The molecule has 1 aliphatic rings. The topological polar surface area (TPSA) is 78.4 Å². The Hall–Kier alpha value is -3.62. The number of methoxy groups -OCH3 is 3. The Morgan fingerprint density at radius 1 is 0.943 bits per heavy atom. The maximum absolute atomic E-state index is 12.5. The number of ether oxygens (including phenoxy) is 4. The minimum absolute atomic E-state index is 0.237. The number of rotatable bonds is 8. The Balaban J connectivity index is 1.51. The predicted octanol–water partition coefficient (Wildman–Crippen LogP) is 5.84. The van der Waals surface area contributed by atoms with E-state index in [1.54, 1.807) is 51.7 Å². The fourth-order valence-electron chi connectivity index (χ4n) is 3.28. The summed E-state index contributed by atoms with van der Waals surface area (Å²) in [6.45, 7) is 0.309. The fourth-order valence-corrected chi connectivity index (χ4v) is 4.31. The first-order valence-electron chi connectivity index (χ1n) is 10.6. The van der Waals surface area contributed by atoms with Crippen molar-refractivity contribution in [3.63, 3.8) is 0 Å². The third kappa shape index (κ3) is 5.90. The third-order valence-corrected chi connectivity index (χ3v) is 6.36. The van der Waals surface area contributed by atoms with Gasteiger partial charge in [0, 0.05) is 16.7 Å². The van der Waals surface area contributed by atoms with Gasteiger partial charge in [-0.1, -0.05) is 35.9 Å². The van der Waals surface area contributed by atoms with E-state index in [1.807, 2.05) is 36.4 Å². The average molecular weight is 511 g/mol. The lowest BCUT2D eigenvalue weighted by Crippen LogP contribution is -2.19. The number of amidine groups is 1. The average Bonchev–Trinajstić information content (AvgIpc) is 3.22. The Morgan fingerprint density at radius 2 is 1.74 bits per heavy atom. The van der Waals surface area contributed by atoms with Gasteiger partial charge in [0.15, 0.2) is 16.7 Å². The van der Waals surface area contributed by atoms with E-state index >= 15 is 0 Å². The van der Waals surface area contributed by atoms with E-state index < -0.39 is 0 Å². The molecule has 1 N–H and O–H groups in total. The number of thioether (sulfide) groups is 1. The highest BCUT2D eigenvalue weighted by molar-refractivity contribution is 8.18. The summed E-state index contributed by atoms with van der Waals surface area (Å²) < 4.78 is 22.0. The SMILES string of the molecule is COc1ccc(N=C2NC(=O)/C(=C/c3ccc(OCc4ccccc4Cl)c(OC)c3)S2)c(OC)c1. The highest BCUT2D eigenvalue weighted by Crippen LogP contribution is 2.36. The molecule has 0 spiro atoms. The smallest absolute Gasteiger partial charge is 0.264 e. The van der Waals surface area contributed by atoms with Crippen LogP contribution in [0.25, 0.3) is 6.08 Å². The van der Waals surface area contributed by atoms with Crippen molar-refractivity contribution in [3.8, 4) is 23.0 Å². The van der Waals surface area contributed by atoms with Gasteiger partial charge in [-0.05, 0) is 53.7 Å². The minimum Gasteiger partial charge on any atom is -0.497 e. The Kier molecular flexibility index (Phi) is 7.84. The number of amides is 1. The second kappa shape index (κ2) is 11.2. The summed E-state index contributed by atoms with van der Waals surface area (Å²) in [7, 11) is 4.70. The number of aliphatic imine (C=N–C) groups is 1. The van der Waals surface area contributed by atoms with E-state index in [4.69, 9.17) is 30.5 Å². The molecule has 0 aromatic heterocycles. The first kappa shape index (κ1) is 24.5. The number of hydrogen-bond acceptors (Lipinski definition) is 7. The highest BCUT2D eigenvalue weighted by Gasteiger charge is 2.24. The minimum atomic E-state index is -0.237. The van der Waals surface area contributed by atoms with Crippen LogP contribution in [0, 0.1) is 0 Å². The summed E-state index contributed by atoms with van der Waals surface area (Å²) in [5, 5.41) is 3.88. The second-order valence-electron chi connectivity index (χ2n) is 7.31. The lowest BCUT2D eigenvalue weighted by Gasteiger charge is -2.12. The first-order chi connectivity index (χ1) is 17.0. The number of nitrogens with zero attached hydrogens (tertiary/aromatic N) is 1. The van der Waals surface area contributed by atoms with Gasteiger partial charge in [-0.15, -0.1) is 0 Å². The molecular weight excluding hydrogens is 488 g/mol. The van der Waals surface area contributed by atoms with Gasteiger partial charge in [-0.25, -0.2) is 4.99 Å². The van der Waals surface area contributed by atoms with Crippen LogP contribution in [0.3, 0.4) is 0 Å². The van der Waals surface area contributed by atoms with Crippen LogP contribution in [0.4, 0.5) is 5.69 Å². The molecule has 0 radical (unpaired) electrons. The number of benzene rings is 3. The summed E-state index contributed by atoms with van der Waals surface area (Å²) >= 11 is 7.45. The van der Waals surface area contributed by atoms with E-state index in [9.17, 15) is 4.79 Å². The molecule has 0 saturated carbocycles. The van der Waals surface area contributed by atoms with Gasteiger partial charge >= 0.3 is 0 Å². The number of carbonyl (C=O) groups is 1. The molecule has 0 atom stereocenters. The van der Waals surface area contributed by atoms with E-state index in [0.29, 0.717) is 50.4 Å². The zero-order valence-corrected chi connectivity index (χ0v) is 20.9. The fraction of sp³-hybridized carbons (Fsp3) is 0.154. The molecule has 1 aliphatic heterocycles. The molecule has 3 aromatic rings. The van der Waals surface area contributed by atoms with Crippen molar-refractivity contribution in [1.29, 1.82) is 0 Å². The molecule has 1 saturated heterocycles. The van der Waals surface area contributed by atoms with Gasteiger partial charge < -0.3 is 24.3 Å². The van der Waals surface area contributed by atoms with Gasteiger partial charge in [0.25, 0.3) is 5.91 Å². The Labute approximate surface area is 212 Å². The first-order valence-corrected chi connectivity index (χ1v) is 11.8. The van der Waals surface area contributed by atoms with Gasteiger partial charge in [-0.3, -0.25) is 4.79 Å². The van der Waals surface area contributed by atoms with Crippen molar-refractivity contribution >= 4 is 46.2 Å². The van der Waals surface area contributed by atoms with Gasteiger partial charge in [-0.2, -0.15) is 0 Å². The van der Waals surface area contributed by atoms with Crippen LogP contribution < -0.4 is 24.3 Å². The quantitative estimate of drug-likeness (QED) is 0.384. The second-order valence-corrected chi connectivity index (χ2v) is 8.75. The number of halogens is 1. The molecule has 0 unspecified atom stereocenters. The van der Waals surface area contributed by atoms with Crippen LogP contribution >= 0.6 is 23.4 Å². The van der Waals surface area contributed by atoms with Crippen LogP contribution in [0.2, 0.25) is 5.02 Å².